The first-order valence-corrected chi connectivity index (χ1v) is 8.43. The highest BCUT2D eigenvalue weighted by atomic mass is 32.1. The van der Waals surface area contributed by atoms with Gasteiger partial charge in [0.05, 0.1) is 5.69 Å². The summed E-state index contributed by atoms with van der Waals surface area (Å²) in [6.45, 7) is 6.82. The highest BCUT2D eigenvalue weighted by Crippen LogP contribution is 2.21. The van der Waals surface area contributed by atoms with Crippen LogP contribution in [0.2, 0.25) is 0 Å². The van der Waals surface area contributed by atoms with Gasteiger partial charge in [-0.2, -0.15) is 0 Å². The summed E-state index contributed by atoms with van der Waals surface area (Å²) in [7, 11) is 0. The zero-order valence-corrected chi connectivity index (χ0v) is 15.3. The summed E-state index contributed by atoms with van der Waals surface area (Å²) < 4.78 is 0. The fraction of sp³-hybridized carbons (Fsp3) is 0.222. The molecule has 0 spiro atoms. The Balaban J connectivity index is 1.99. The number of anilines is 2. The van der Waals surface area contributed by atoms with E-state index in [1.165, 1.54) is 24.3 Å². The molecule has 1 heterocycles. The topological polar surface area (TPSA) is 88.2 Å². The fourth-order valence-electron chi connectivity index (χ4n) is 1.95. The molecule has 0 atom stereocenters. The van der Waals surface area contributed by atoms with Crippen molar-refractivity contribution in [3.63, 3.8) is 0 Å². The van der Waals surface area contributed by atoms with Gasteiger partial charge in [-0.05, 0) is 52.0 Å². The van der Waals surface area contributed by atoms with Crippen molar-refractivity contribution >= 4 is 39.8 Å². The van der Waals surface area contributed by atoms with Crippen LogP contribution in [0.15, 0.2) is 35.9 Å². The minimum atomic E-state index is -0.409. The van der Waals surface area contributed by atoms with Crippen molar-refractivity contribution in [2.45, 2.75) is 27.7 Å². The minimum absolute atomic E-state index is 0.0433. The van der Waals surface area contributed by atoms with E-state index in [9.17, 15) is 14.4 Å². The quantitative estimate of drug-likeness (QED) is 0.633. The highest BCUT2D eigenvalue weighted by molar-refractivity contribution is 7.15. The molecular formula is C18H19N3O3S. The number of hydrogen-bond acceptors (Lipinski definition) is 5. The third-order valence-corrected chi connectivity index (χ3v) is 4.50. The van der Waals surface area contributed by atoms with E-state index < -0.39 is 11.8 Å². The Kier molecular flexibility index (Phi) is 5.82. The van der Waals surface area contributed by atoms with E-state index in [0.29, 0.717) is 16.4 Å². The number of rotatable bonds is 5. The Morgan fingerprint density at radius 1 is 1.04 bits per heavy atom. The summed E-state index contributed by atoms with van der Waals surface area (Å²) in [5.41, 5.74) is 2.25. The Labute approximate surface area is 150 Å². The molecule has 2 rings (SSSR count). The minimum Gasteiger partial charge on any atom is -0.322 e. The van der Waals surface area contributed by atoms with Gasteiger partial charge < -0.3 is 5.32 Å². The van der Waals surface area contributed by atoms with Crippen molar-refractivity contribution in [1.29, 1.82) is 0 Å². The number of carbonyl (C=O) groups excluding carboxylic acids is 3. The Morgan fingerprint density at radius 2 is 1.68 bits per heavy atom. The van der Waals surface area contributed by atoms with Gasteiger partial charge in [0.25, 0.3) is 11.8 Å². The molecule has 0 aliphatic carbocycles. The number of benzene rings is 1. The number of ketones is 1. The molecule has 130 valence electrons. The second-order valence-corrected chi connectivity index (χ2v) is 6.77. The molecule has 7 heteroatoms. The van der Waals surface area contributed by atoms with Crippen LogP contribution in [0.4, 0.5) is 10.8 Å². The summed E-state index contributed by atoms with van der Waals surface area (Å²) in [6.07, 6.45) is 1.23. The van der Waals surface area contributed by atoms with Crippen molar-refractivity contribution in [3.05, 3.63) is 52.0 Å². The van der Waals surface area contributed by atoms with E-state index in [0.717, 1.165) is 10.6 Å². The molecule has 0 unspecified atom stereocenters. The molecule has 2 aromatic rings. The van der Waals surface area contributed by atoms with Gasteiger partial charge in [-0.15, -0.1) is 11.3 Å². The Morgan fingerprint density at radius 3 is 2.20 bits per heavy atom. The molecule has 1 aromatic carbocycles. The van der Waals surface area contributed by atoms with Crippen LogP contribution in [0.5, 0.6) is 0 Å². The number of amides is 2. The van der Waals surface area contributed by atoms with Crippen LogP contribution >= 0.6 is 11.3 Å². The smallest absolute Gasteiger partial charge is 0.251 e. The summed E-state index contributed by atoms with van der Waals surface area (Å²) in [4.78, 5) is 40.6. The molecule has 6 nitrogen and oxygen atoms in total. The lowest BCUT2D eigenvalue weighted by Gasteiger charge is -2.06. The van der Waals surface area contributed by atoms with Crippen LogP contribution in [0.1, 0.15) is 34.8 Å². The molecule has 0 aliphatic heterocycles. The predicted octanol–water partition coefficient (Wildman–Crippen LogP) is 3.49. The zero-order chi connectivity index (χ0) is 18.6. The summed E-state index contributed by atoms with van der Waals surface area (Å²) in [5, 5.41) is 5.83. The summed E-state index contributed by atoms with van der Waals surface area (Å²) >= 11 is 1.38. The number of nitrogens with one attached hydrogen (secondary N) is 2. The van der Waals surface area contributed by atoms with Crippen molar-refractivity contribution in [1.82, 2.24) is 4.98 Å². The first-order chi connectivity index (χ1) is 11.8. The van der Waals surface area contributed by atoms with Gasteiger partial charge in [-0.25, -0.2) is 4.98 Å². The van der Waals surface area contributed by atoms with Crippen molar-refractivity contribution in [2.24, 2.45) is 0 Å². The van der Waals surface area contributed by atoms with E-state index >= 15 is 0 Å². The van der Waals surface area contributed by atoms with E-state index in [1.54, 1.807) is 31.2 Å². The largest absolute Gasteiger partial charge is 0.322 e. The lowest BCUT2D eigenvalue weighted by atomic mass is 10.1. The van der Waals surface area contributed by atoms with Crippen LogP contribution in [0.3, 0.4) is 0 Å². The first kappa shape index (κ1) is 18.5. The van der Waals surface area contributed by atoms with Crippen molar-refractivity contribution in [3.8, 4) is 0 Å². The standard InChI is InChI=1S/C18H19N3O3S/c1-10(9-16(23)21-18-19-11(2)13(4)25-18)17(24)20-15-7-5-14(6-8-15)12(3)22/h5-9H,1-4H3,(H,20,24)(H,19,21,23)/b10-9-. The SMILES string of the molecule is CC(=O)c1ccc(NC(=O)/C(C)=C\C(=O)Nc2nc(C)c(C)s2)cc1. The van der Waals surface area contributed by atoms with Gasteiger partial charge in [0.15, 0.2) is 10.9 Å². The van der Waals surface area contributed by atoms with Gasteiger partial charge >= 0.3 is 0 Å². The number of Topliss-reactive ketones (excluding diaryl/α,β-unsaturated/α-hetero) is 1. The average molecular weight is 357 g/mol. The molecular weight excluding hydrogens is 338 g/mol. The zero-order valence-electron chi connectivity index (χ0n) is 14.5. The maximum absolute atomic E-state index is 12.1. The van der Waals surface area contributed by atoms with Gasteiger partial charge in [-0.1, -0.05) is 0 Å². The van der Waals surface area contributed by atoms with E-state index in [-0.39, 0.29) is 11.4 Å². The second kappa shape index (κ2) is 7.85. The van der Waals surface area contributed by atoms with E-state index in [1.807, 2.05) is 13.8 Å². The normalized spacial score (nSPS) is 11.1. The number of carbonyl (C=O) groups is 3. The van der Waals surface area contributed by atoms with Crippen LogP contribution in [-0.4, -0.2) is 22.6 Å². The third-order valence-electron chi connectivity index (χ3n) is 3.51. The molecule has 1 aromatic heterocycles. The Bertz CT molecular complexity index is 831. The number of nitrogens with zero attached hydrogens (tertiary/aromatic N) is 1. The van der Waals surface area contributed by atoms with Crippen LogP contribution in [0.25, 0.3) is 0 Å². The maximum Gasteiger partial charge on any atom is 0.251 e. The van der Waals surface area contributed by atoms with Gasteiger partial charge in [0.2, 0.25) is 0 Å². The van der Waals surface area contributed by atoms with Crippen molar-refractivity contribution < 1.29 is 14.4 Å². The molecule has 0 fully saturated rings. The Hall–Kier alpha value is -2.80. The van der Waals surface area contributed by atoms with Crippen LogP contribution < -0.4 is 10.6 Å². The van der Waals surface area contributed by atoms with Gasteiger partial charge in [-0.3, -0.25) is 19.7 Å². The van der Waals surface area contributed by atoms with Crippen LogP contribution in [0, 0.1) is 13.8 Å². The number of hydrogen-bond donors (Lipinski definition) is 2. The van der Waals surface area contributed by atoms with Gasteiger partial charge in [0.1, 0.15) is 0 Å². The molecule has 0 aliphatic rings. The third kappa shape index (κ3) is 5.09. The first-order valence-electron chi connectivity index (χ1n) is 7.62. The number of thiazole rings is 1. The molecule has 0 radical (unpaired) electrons. The van der Waals surface area contributed by atoms with E-state index in [2.05, 4.69) is 15.6 Å². The van der Waals surface area contributed by atoms with E-state index in [4.69, 9.17) is 0 Å². The molecule has 25 heavy (non-hydrogen) atoms. The van der Waals surface area contributed by atoms with Crippen LogP contribution in [-0.2, 0) is 9.59 Å². The predicted molar refractivity (Wildman–Crippen MR) is 99.1 cm³/mol. The summed E-state index contributed by atoms with van der Waals surface area (Å²) in [6, 6.07) is 6.56. The number of aryl methyl sites for hydroxylation is 2. The lowest BCUT2D eigenvalue weighted by Crippen LogP contribution is -2.16. The molecule has 2 amide bonds. The fourth-order valence-corrected chi connectivity index (χ4v) is 2.77. The average Bonchev–Trinajstić information content (AvgIpc) is 2.85. The van der Waals surface area contributed by atoms with Crippen molar-refractivity contribution in [2.75, 3.05) is 10.6 Å². The molecule has 0 saturated heterocycles. The molecule has 0 saturated carbocycles. The summed E-state index contributed by atoms with van der Waals surface area (Å²) in [5.74, 6) is -0.844. The molecule has 0 bridgehead atoms. The highest BCUT2D eigenvalue weighted by Gasteiger charge is 2.10. The lowest BCUT2D eigenvalue weighted by molar-refractivity contribution is -0.114. The van der Waals surface area contributed by atoms with Gasteiger partial charge in [0, 0.05) is 27.8 Å². The monoisotopic (exact) mass is 357 g/mol. The molecule has 2 N–H and O–H groups in total. The second-order valence-electron chi connectivity index (χ2n) is 5.56. The maximum atomic E-state index is 12.1. The number of aromatic nitrogens is 1.